The predicted molar refractivity (Wildman–Crippen MR) is 66.2 cm³/mol. The van der Waals surface area contributed by atoms with E-state index in [0.29, 0.717) is 22.4 Å². The van der Waals surface area contributed by atoms with Gasteiger partial charge in [0.25, 0.3) is 0 Å². The molecule has 0 aliphatic rings. The quantitative estimate of drug-likeness (QED) is 0.770. The maximum Gasteiger partial charge on any atom is 0.184 e. The van der Waals surface area contributed by atoms with E-state index < -0.39 is 5.82 Å². The molecular formula is C12H9F2N5. The van der Waals surface area contributed by atoms with Crippen molar-refractivity contribution in [2.45, 2.75) is 6.92 Å². The molecule has 1 N–H and O–H groups in total. The summed E-state index contributed by atoms with van der Waals surface area (Å²) < 4.78 is 26.6. The van der Waals surface area contributed by atoms with Gasteiger partial charge in [-0.25, -0.2) is 14.4 Å². The minimum Gasteiger partial charge on any atom is -0.338 e. The van der Waals surface area contributed by atoms with Crippen molar-refractivity contribution in [3.8, 4) is 0 Å². The molecule has 2 aromatic heterocycles. The molecule has 0 bridgehead atoms. The van der Waals surface area contributed by atoms with E-state index in [1.54, 1.807) is 25.1 Å². The molecule has 0 saturated heterocycles. The first-order valence-electron chi connectivity index (χ1n) is 5.53. The summed E-state index contributed by atoms with van der Waals surface area (Å²) in [6.07, 6.45) is 2.49. The van der Waals surface area contributed by atoms with Gasteiger partial charge in [0.15, 0.2) is 11.6 Å². The number of hydrogen-bond acceptors (Lipinski definition) is 4. The van der Waals surface area contributed by atoms with Crippen LogP contribution in [-0.2, 0) is 0 Å². The lowest BCUT2D eigenvalue weighted by Crippen LogP contribution is -2.00. The molecule has 7 heteroatoms. The second-order valence-electron chi connectivity index (χ2n) is 4.02. The Morgan fingerprint density at radius 1 is 1.26 bits per heavy atom. The lowest BCUT2D eigenvalue weighted by molar-refractivity contribution is 0.332. The first kappa shape index (κ1) is 11.5. The molecule has 19 heavy (non-hydrogen) atoms. The number of nitrogens with zero attached hydrogens (tertiary/aromatic N) is 4. The van der Waals surface area contributed by atoms with Crippen LogP contribution in [0.3, 0.4) is 0 Å². The highest BCUT2D eigenvalue weighted by atomic mass is 19.2. The lowest BCUT2D eigenvalue weighted by atomic mass is 10.2. The number of rotatable bonds is 2. The zero-order chi connectivity index (χ0) is 13.4. The fourth-order valence-electron chi connectivity index (χ4n) is 1.76. The zero-order valence-electron chi connectivity index (χ0n) is 9.93. The van der Waals surface area contributed by atoms with Crippen LogP contribution < -0.4 is 5.32 Å². The van der Waals surface area contributed by atoms with Crippen LogP contribution in [0.25, 0.3) is 10.9 Å². The summed E-state index contributed by atoms with van der Waals surface area (Å²) in [5.74, 6) is -0.00655. The Bertz CT molecular complexity index is 753. The van der Waals surface area contributed by atoms with Crippen molar-refractivity contribution in [2.75, 3.05) is 5.32 Å². The van der Waals surface area contributed by atoms with Crippen molar-refractivity contribution < 1.29 is 8.87 Å². The third kappa shape index (κ3) is 2.10. The molecule has 0 aliphatic heterocycles. The van der Waals surface area contributed by atoms with Gasteiger partial charge in [0.1, 0.15) is 11.3 Å². The van der Waals surface area contributed by atoms with Crippen molar-refractivity contribution >= 4 is 22.4 Å². The van der Waals surface area contributed by atoms with Gasteiger partial charge in [-0.15, -0.1) is 5.10 Å². The number of nitrogens with one attached hydrogen (secondary N) is 1. The number of benzene rings is 1. The van der Waals surface area contributed by atoms with E-state index in [4.69, 9.17) is 0 Å². The SMILES string of the molecule is Cc1ncc(F)c(Nc2ccc3c(cnn3F)c2)n1. The van der Waals surface area contributed by atoms with Crippen LogP contribution in [0.5, 0.6) is 0 Å². The second-order valence-corrected chi connectivity index (χ2v) is 4.02. The molecule has 3 aromatic rings. The molecule has 0 unspecified atom stereocenters. The Hall–Kier alpha value is -2.57. The van der Waals surface area contributed by atoms with Gasteiger partial charge in [-0.2, -0.15) is 0 Å². The fourth-order valence-corrected chi connectivity index (χ4v) is 1.76. The number of aryl methyl sites for hydroxylation is 1. The van der Waals surface area contributed by atoms with E-state index in [1.807, 2.05) is 0 Å². The highest BCUT2D eigenvalue weighted by Crippen LogP contribution is 2.22. The average Bonchev–Trinajstić information content (AvgIpc) is 2.75. The molecule has 0 radical (unpaired) electrons. The number of fused-ring (bicyclic) bond motifs is 1. The summed E-state index contributed by atoms with van der Waals surface area (Å²) >= 11 is 0. The maximum absolute atomic E-state index is 13.5. The van der Waals surface area contributed by atoms with Gasteiger partial charge in [-0.1, -0.05) is 9.39 Å². The molecule has 0 aliphatic carbocycles. The minimum absolute atomic E-state index is 0.0829. The Balaban J connectivity index is 1.98. The first-order valence-corrected chi connectivity index (χ1v) is 5.53. The van der Waals surface area contributed by atoms with E-state index in [-0.39, 0.29) is 10.7 Å². The van der Waals surface area contributed by atoms with Crippen molar-refractivity contribution in [3.05, 3.63) is 42.2 Å². The minimum atomic E-state index is -0.549. The Kier molecular flexibility index (Phi) is 2.59. The Morgan fingerprint density at radius 3 is 2.95 bits per heavy atom. The first-order chi connectivity index (χ1) is 9.13. The molecule has 2 heterocycles. The van der Waals surface area contributed by atoms with E-state index >= 15 is 0 Å². The number of hydrogen-bond donors (Lipinski definition) is 1. The number of anilines is 2. The summed E-state index contributed by atoms with van der Waals surface area (Å²) in [6, 6.07) is 4.84. The molecule has 96 valence electrons. The van der Waals surface area contributed by atoms with Crippen molar-refractivity contribution in [3.63, 3.8) is 0 Å². The molecule has 0 saturated carbocycles. The Labute approximate surface area is 106 Å². The molecule has 5 nitrogen and oxygen atoms in total. The van der Waals surface area contributed by atoms with E-state index in [0.717, 1.165) is 6.20 Å². The zero-order valence-corrected chi connectivity index (χ0v) is 9.93. The summed E-state index contributed by atoms with van der Waals surface area (Å²) in [5, 5.41) is 6.94. The van der Waals surface area contributed by atoms with Gasteiger partial charge in [-0.3, -0.25) is 0 Å². The summed E-state index contributed by atoms with van der Waals surface area (Å²) in [5.41, 5.74) is 0.947. The van der Waals surface area contributed by atoms with E-state index in [1.165, 1.54) is 6.20 Å². The summed E-state index contributed by atoms with van der Waals surface area (Å²) in [6.45, 7) is 1.67. The van der Waals surface area contributed by atoms with Gasteiger partial charge in [0.2, 0.25) is 0 Å². The largest absolute Gasteiger partial charge is 0.338 e. The van der Waals surface area contributed by atoms with E-state index in [2.05, 4.69) is 20.4 Å². The van der Waals surface area contributed by atoms with Gasteiger partial charge >= 0.3 is 0 Å². The fraction of sp³-hybridized carbons (Fsp3) is 0.0833. The average molecular weight is 261 g/mol. The molecule has 0 amide bonds. The molecule has 1 aromatic carbocycles. The normalized spacial score (nSPS) is 10.9. The molecule has 0 fully saturated rings. The predicted octanol–water partition coefficient (Wildman–Crippen LogP) is 2.75. The van der Waals surface area contributed by atoms with Gasteiger partial charge < -0.3 is 5.32 Å². The summed E-state index contributed by atoms with van der Waals surface area (Å²) in [7, 11) is 0. The summed E-state index contributed by atoms with van der Waals surface area (Å²) in [4.78, 5) is 7.99. The van der Waals surface area contributed by atoms with Gasteiger partial charge in [0, 0.05) is 11.1 Å². The van der Waals surface area contributed by atoms with Crippen molar-refractivity contribution in [1.29, 1.82) is 0 Å². The van der Waals surface area contributed by atoms with Crippen LogP contribution in [-0.4, -0.2) is 20.0 Å². The van der Waals surface area contributed by atoms with Crippen molar-refractivity contribution in [2.24, 2.45) is 0 Å². The van der Waals surface area contributed by atoms with E-state index in [9.17, 15) is 8.87 Å². The topological polar surface area (TPSA) is 55.6 Å². The Morgan fingerprint density at radius 2 is 2.11 bits per heavy atom. The highest BCUT2D eigenvalue weighted by molar-refractivity contribution is 5.83. The molecule has 0 atom stereocenters. The lowest BCUT2D eigenvalue weighted by Gasteiger charge is -2.06. The smallest absolute Gasteiger partial charge is 0.184 e. The maximum atomic E-state index is 13.5. The molecule has 0 spiro atoms. The van der Waals surface area contributed by atoms with Crippen LogP contribution in [0.2, 0.25) is 0 Å². The highest BCUT2D eigenvalue weighted by Gasteiger charge is 2.07. The van der Waals surface area contributed by atoms with Crippen molar-refractivity contribution in [1.82, 2.24) is 20.0 Å². The monoisotopic (exact) mass is 261 g/mol. The molecule has 3 rings (SSSR count). The van der Waals surface area contributed by atoms with Crippen LogP contribution in [0.4, 0.5) is 20.4 Å². The van der Waals surface area contributed by atoms with Crippen LogP contribution in [0, 0.1) is 12.7 Å². The standard InChI is InChI=1S/C12H9F2N5/c1-7-15-6-10(13)12(17-7)18-9-2-3-11-8(4-9)5-16-19(11)14/h2-6H,1H3,(H,15,17,18). The van der Waals surface area contributed by atoms with Crippen LogP contribution in [0.15, 0.2) is 30.6 Å². The van der Waals surface area contributed by atoms with Gasteiger partial charge in [0.05, 0.1) is 12.4 Å². The molecular weight excluding hydrogens is 252 g/mol. The third-order valence-corrected chi connectivity index (χ3v) is 2.65. The van der Waals surface area contributed by atoms with Crippen LogP contribution >= 0.6 is 0 Å². The number of aromatic nitrogens is 4. The van der Waals surface area contributed by atoms with Crippen LogP contribution in [0.1, 0.15) is 5.82 Å². The third-order valence-electron chi connectivity index (χ3n) is 2.65. The van der Waals surface area contributed by atoms with Gasteiger partial charge in [-0.05, 0) is 25.1 Å². The number of halogens is 2. The second kappa shape index (κ2) is 4.27.